The Morgan fingerprint density at radius 1 is 1.53 bits per heavy atom. The third kappa shape index (κ3) is 1.59. The maximum absolute atomic E-state index is 11.8. The molecular weight excluding hydrogens is 246 g/mol. The number of halogens is 1. The fourth-order valence-electron chi connectivity index (χ4n) is 2.30. The number of hydrogen-bond donors (Lipinski definition) is 0. The standard InChI is InChI=1S/C10H12ClN3O3/c1-16-6-4-13-2-3-17-7-8(11)12-10(15)14(5-6)9(7)13/h6H,2-5H2,1H3. The Kier molecular flexibility index (Phi) is 2.48. The molecule has 1 unspecified atom stereocenters. The summed E-state index contributed by atoms with van der Waals surface area (Å²) in [5.41, 5.74) is -0.356. The highest BCUT2D eigenvalue weighted by atomic mass is 35.5. The third-order valence-corrected chi connectivity index (χ3v) is 3.38. The van der Waals surface area contributed by atoms with E-state index in [1.807, 2.05) is 0 Å². The second-order valence-electron chi connectivity index (χ2n) is 4.10. The molecule has 1 atom stereocenters. The van der Waals surface area contributed by atoms with Crippen LogP contribution in [0.1, 0.15) is 0 Å². The molecule has 0 saturated heterocycles. The zero-order valence-electron chi connectivity index (χ0n) is 9.35. The molecule has 7 heteroatoms. The van der Waals surface area contributed by atoms with E-state index >= 15 is 0 Å². The first-order valence-corrected chi connectivity index (χ1v) is 5.79. The molecular formula is C10H12ClN3O3. The predicted octanol–water partition coefficient (Wildman–Crippen LogP) is 0.124. The van der Waals surface area contributed by atoms with Crippen molar-refractivity contribution in [3.63, 3.8) is 0 Å². The molecule has 2 aliphatic heterocycles. The monoisotopic (exact) mass is 257 g/mol. The van der Waals surface area contributed by atoms with Crippen molar-refractivity contribution in [1.82, 2.24) is 9.55 Å². The van der Waals surface area contributed by atoms with Crippen LogP contribution in [0.15, 0.2) is 4.79 Å². The molecule has 3 heterocycles. The first-order valence-electron chi connectivity index (χ1n) is 5.41. The van der Waals surface area contributed by atoms with Crippen molar-refractivity contribution in [2.45, 2.75) is 12.6 Å². The Morgan fingerprint density at radius 2 is 2.35 bits per heavy atom. The number of hydrogen-bond acceptors (Lipinski definition) is 5. The largest absolute Gasteiger partial charge is 0.485 e. The molecule has 0 aliphatic carbocycles. The minimum absolute atomic E-state index is 0.00544. The van der Waals surface area contributed by atoms with Crippen molar-refractivity contribution in [1.29, 1.82) is 0 Å². The van der Waals surface area contributed by atoms with Crippen LogP contribution in [-0.2, 0) is 11.3 Å². The molecule has 0 aromatic carbocycles. The number of rotatable bonds is 1. The maximum Gasteiger partial charge on any atom is 0.350 e. The predicted molar refractivity (Wildman–Crippen MR) is 62.0 cm³/mol. The molecule has 1 aromatic rings. The van der Waals surface area contributed by atoms with Crippen LogP contribution in [-0.4, -0.2) is 42.5 Å². The van der Waals surface area contributed by atoms with Crippen molar-refractivity contribution in [3.05, 3.63) is 15.6 Å². The zero-order chi connectivity index (χ0) is 12.0. The Bertz CT molecular complexity index is 516. The summed E-state index contributed by atoms with van der Waals surface area (Å²) in [5.74, 6) is 1.24. The molecule has 0 bridgehead atoms. The van der Waals surface area contributed by atoms with Gasteiger partial charge in [-0.1, -0.05) is 11.6 Å². The first-order chi connectivity index (χ1) is 8.20. The van der Waals surface area contributed by atoms with Gasteiger partial charge in [-0.3, -0.25) is 4.57 Å². The quantitative estimate of drug-likeness (QED) is 0.669. The van der Waals surface area contributed by atoms with E-state index in [4.69, 9.17) is 21.1 Å². The van der Waals surface area contributed by atoms with Gasteiger partial charge in [-0.05, 0) is 0 Å². The number of anilines is 1. The third-order valence-electron chi connectivity index (χ3n) is 3.12. The van der Waals surface area contributed by atoms with E-state index in [1.165, 1.54) is 0 Å². The molecule has 92 valence electrons. The average Bonchev–Trinajstić information content (AvgIpc) is 2.35. The van der Waals surface area contributed by atoms with Gasteiger partial charge in [0.05, 0.1) is 19.2 Å². The smallest absolute Gasteiger partial charge is 0.350 e. The summed E-state index contributed by atoms with van der Waals surface area (Å²) >= 11 is 5.93. The van der Waals surface area contributed by atoms with Gasteiger partial charge >= 0.3 is 5.69 Å². The highest BCUT2D eigenvalue weighted by molar-refractivity contribution is 6.31. The number of methoxy groups -OCH3 is 1. The normalized spacial score (nSPS) is 22.0. The lowest BCUT2D eigenvalue weighted by molar-refractivity contribution is 0.0806. The summed E-state index contributed by atoms with van der Waals surface area (Å²) in [6.45, 7) is 2.50. The molecule has 0 saturated carbocycles. The second-order valence-corrected chi connectivity index (χ2v) is 4.46. The van der Waals surface area contributed by atoms with Crippen LogP contribution in [0.25, 0.3) is 0 Å². The summed E-state index contributed by atoms with van der Waals surface area (Å²) in [5, 5.41) is 0.141. The van der Waals surface area contributed by atoms with Crippen molar-refractivity contribution in [3.8, 4) is 5.75 Å². The molecule has 3 rings (SSSR count). The molecule has 0 spiro atoms. The van der Waals surface area contributed by atoms with Crippen LogP contribution in [0.5, 0.6) is 5.75 Å². The molecule has 0 N–H and O–H groups in total. The fourth-order valence-corrected chi connectivity index (χ4v) is 2.51. The average molecular weight is 258 g/mol. The summed E-state index contributed by atoms with van der Waals surface area (Å²) in [6.07, 6.45) is -0.00544. The van der Waals surface area contributed by atoms with Gasteiger partial charge in [0.2, 0.25) is 0 Å². The van der Waals surface area contributed by atoms with E-state index in [-0.39, 0.29) is 16.9 Å². The molecule has 0 radical (unpaired) electrons. The lowest BCUT2D eigenvalue weighted by Crippen LogP contribution is -2.49. The van der Waals surface area contributed by atoms with Gasteiger partial charge < -0.3 is 14.4 Å². The molecule has 0 amide bonds. The Hall–Kier alpha value is -1.27. The minimum Gasteiger partial charge on any atom is -0.485 e. The van der Waals surface area contributed by atoms with Gasteiger partial charge in [-0.15, -0.1) is 0 Å². The summed E-state index contributed by atoms with van der Waals surface area (Å²) in [7, 11) is 1.64. The Morgan fingerprint density at radius 3 is 3.12 bits per heavy atom. The van der Waals surface area contributed by atoms with Crippen molar-refractivity contribution >= 4 is 17.4 Å². The van der Waals surface area contributed by atoms with Gasteiger partial charge in [0, 0.05) is 13.7 Å². The topological polar surface area (TPSA) is 56.6 Å². The van der Waals surface area contributed by atoms with Gasteiger partial charge in [0.25, 0.3) is 0 Å². The molecule has 6 nitrogen and oxygen atoms in total. The van der Waals surface area contributed by atoms with Crippen molar-refractivity contribution in [2.24, 2.45) is 0 Å². The molecule has 2 aliphatic rings. The lowest BCUT2D eigenvalue weighted by atomic mass is 10.2. The SMILES string of the molecule is COC1CN2CCOc3c(Cl)nc(=O)n(c32)C1. The molecule has 0 fully saturated rings. The van der Waals surface area contributed by atoms with Crippen molar-refractivity contribution in [2.75, 3.05) is 31.7 Å². The fraction of sp³-hybridized carbons (Fsp3) is 0.600. The van der Waals surface area contributed by atoms with Gasteiger partial charge in [-0.2, -0.15) is 4.98 Å². The van der Waals surface area contributed by atoms with Crippen LogP contribution in [0.3, 0.4) is 0 Å². The molecule has 17 heavy (non-hydrogen) atoms. The van der Waals surface area contributed by atoms with Crippen LogP contribution in [0.4, 0.5) is 5.82 Å². The number of nitrogens with zero attached hydrogens (tertiary/aromatic N) is 3. The zero-order valence-corrected chi connectivity index (χ0v) is 10.1. The maximum atomic E-state index is 11.8. The summed E-state index contributed by atoms with van der Waals surface area (Å²) in [4.78, 5) is 17.6. The highest BCUT2D eigenvalue weighted by Gasteiger charge is 2.32. The van der Waals surface area contributed by atoms with Gasteiger partial charge in [0.15, 0.2) is 16.7 Å². The Labute approximate surface area is 103 Å². The van der Waals surface area contributed by atoms with Crippen molar-refractivity contribution < 1.29 is 9.47 Å². The second kappa shape index (κ2) is 3.89. The lowest BCUT2D eigenvalue weighted by Gasteiger charge is -2.39. The number of ether oxygens (including phenoxy) is 2. The summed E-state index contributed by atoms with van der Waals surface area (Å²) in [6, 6.07) is 0. The van der Waals surface area contributed by atoms with Gasteiger partial charge in [0.1, 0.15) is 6.61 Å². The highest BCUT2D eigenvalue weighted by Crippen LogP contribution is 2.37. The van der Waals surface area contributed by atoms with Crippen LogP contribution < -0.4 is 15.3 Å². The minimum atomic E-state index is -0.356. The van der Waals surface area contributed by atoms with E-state index in [9.17, 15) is 4.79 Å². The van der Waals surface area contributed by atoms with E-state index in [0.717, 1.165) is 18.9 Å². The first kappa shape index (κ1) is 10.9. The van der Waals surface area contributed by atoms with E-state index in [1.54, 1.807) is 11.7 Å². The van der Waals surface area contributed by atoms with E-state index in [2.05, 4.69) is 9.88 Å². The molecule has 1 aromatic heterocycles. The van der Waals surface area contributed by atoms with E-state index in [0.29, 0.717) is 18.9 Å². The van der Waals surface area contributed by atoms with Crippen LogP contribution >= 0.6 is 11.6 Å². The van der Waals surface area contributed by atoms with Crippen LogP contribution in [0.2, 0.25) is 5.15 Å². The van der Waals surface area contributed by atoms with Gasteiger partial charge in [-0.25, -0.2) is 4.79 Å². The van der Waals surface area contributed by atoms with Crippen LogP contribution in [0, 0.1) is 0 Å². The number of aromatic nitrogens is 2. The summed E-state index contributed by atoms with van der Waals surface area (Å²) < 4.78 is 12.4. The Balaban J connectivity index is 2.20. The van der Waals surface area contributed by atoms with E-state index < -0.39 is 0 Å².